The SMILES string of the molecule is Cc1ccc(NN2C(=O)C3CC4C(=CCC5C(=O)N(c6ccc(N=Nc7ccc(N(C)C)cc7)cc6)C(=O)C54)C(C4=COc5ccc(O)cc5C4)C3(c3ccccc3)C2=O)cc1. The van der Waals surface area contributed by atoms with E-state index >= 15 is 9.59 Å². The molecular weight excluding hydrogens is 781 g/mol. The highest BCUT2D eigenvalue weighted by molar-refractivity contribution is 6.22. The predicted octanol–water partition coefficient (Wildman–Crippen LogP) is 8.72. The normalized spacial score (nSPS) is 25.1. The van der Waals surface area contributed by atoms with Crippen LogP contribution in [0.2, 0.25) is 0 Å². The fourth-order valence-electron chi connectivity index (χ4n) is 10.4. The smallest absolute Gasteiger partial charge is 0.260 e. The summed E-state index contributed by atoms with van der Waals surface area (Å²) in [6, 6.07) is 36.4. The van der Waals surface area contributed by atoms with Gasteiger partial charge in [-0.25, -0.2) is 0 Å². The van der Waals surface area contributed by atoms with Crippen LogP contribution in [0.5, 0.6) is 11.5 Å². The molecule has 3 aliphatic heterocycles. The van der Waals surface area contributed by atoms with Crippen molar-refractivity contribution in [3.63, 3.8) is 0 Å². The zero-order valence-electron chi connectivity index (χ0n) is 34.4. The zero-order valence-corrected chi connectivity index (χ0v) is 34.4. The summed E-state index contributed by atoms with van der Waals surface area (Å²) in [6.07, 6.45) is 4.47. The number of carbonyl (C=O) groups excluding carboxylic acids is 4. The summed E-state index contributed by atoms with van der Waals surface area (Å²) in [5, 5.41) is 20.4. The number of aryl methyl sites for hydroxylation is 1. The average molecular weight is 825 g/mol. The molecule has 310 valence electrons. The number of ether oxygens (including phenoxy) is 1. The topological polar surface area (TPSA) is 144 Å². The molecule has 0 bridgehead atoms. The molecular formula is C50H44N6O6. The number of nitrogens with one attached hydrogen (secondary N) is 1. The summed E-state index contributed by atoms with van der Waals surface area (Å²) in [5.41, 5.74) is 9.01. The molecule has 12 heteroatoms. The number of azo groups is 1. The fourth-order valence-corrected chi connectivity index (χ4v) is 10.4. The highest BCUT2D eigenvalue weighted by Gasteiger charge is 2.70. The van der Waals surface area contributed by atoms with Crippen LogP contribution in [0.3, 0.4) is 0 Å². The van der Waals surface area contributed by atoms with Gasteiger partial charge in [-0.05, 0) is 116 Å². The van der Waals surface area contributed by atoms with Crippen molar-refractivity contribution in [3.05, 3.63) is 162 Å². The van der Waals surface area contributed by atoms with Crippen LogP contribution in [0.25, 0.3) is 0 Å². The van der Waals surface area contributed by atoms with Crippen molar-refractivity contribution in [1.82, 2.24) is 5.01 Å². The van der Waals surface area contributed by atoms with Crippen molar-refractivity contribution in [3.8, 4) is 11.5 Å². The molecule has 5 aliphatic rings. The standard InChI is InChI=1S/C50H44N6O6/c1-29-9-11-35(12-10-29)53-56-47(59)42-27-41-39(45(50(42,49(56)61)32-7-5-4-6-8-32)31-25-30-26-38(57)21-24-43(30)62-28-31)22-23-40-44(41)48(60)55(46(40)58)37-19-15-34(16-20-37)52-51-33-13-17-36(18-14-33)54(2)3/h4-22,24,26,28,40-42,44-45,53,57H,23,25,27H2,1-3H3. The summed E-state index contributed by atoms with van der Waals surface area (Å²) in [4.78, 5) is 63.1. The Labute approximate surface area is 358 Å². The first-order valence-corrected chi connectivity index (χ1v) is 20.8. The number of aromatic hydroxyl groups is 1. The monoisotopic (exact) mass is 824 g/mol. The van der Waals surface area contributed by atoms with Crippen LogP contribution >= 0.6 is 0 Å². The van der Waals surface area contributed by atoms with E-state index in [1.807, 2.05) is 111 Å². The molecule has 5 aromatic rings. The minimum atomic E-state index is -1.43. The van der Waals surface area contributed by atoms with E-state index in [2.05, 4.69) is 15.7 Å². The number of hydrogen-bond acceptors (Lipinski definition) is 10. The number of nitrogens with zero attached hydrogens (tertiary/aromatic N) is 5. The Hall–Kier alpha value is -7.34. The Bertz CT molecular complexity index is 2730. The number of hydrazine groups is 1. The molecule has 12 nitrogen and oxygen atoms in total. The molecule has 4 amide bonds. The summed E-state index contributed by atoms with van der Waals surface area (Å²) in [6.45, 7) is 1.96. The second-order valence-electron chi connectivity index (χ2n) is 17.0. The maximum Gasteiger partial charge on any atom is 0.260 e. The van der Waals surface area contributed by atoms with Crippen molar-refractivity contribution in [2.75, 3.05) is 29.3 Å². The third-order valence-corrected chi connectivity index (χ3v) is 13.3. The minimum Gasteiger partial charge on any atom is -0.508 e. The van der Waals surface area contributed by atoms with Gasteiger partial charge >= 0.3 is 0 Å². The summed E-state index contributed by atoms with van der Waals surface area (Å²) in [5.74, 6) is -4.42. The van der Waals surface area contributed by atoms with Gasteiger partial charge in [-0.1, -0.05) is 59.7 Å². The molecule has 2 N–H and O–H groups in total. The van der Waals surface area contributed by atoms with Gasteiger partial charge in [-0.2, -0.15) is 15.2 Å². The highest BCUT2D eigenvalue weighted by atomic mass is 16.5. The summed E-state index contributed by atoms with van der Waals surface area (Å²) < 4.78 is 6.24. The van der Waals surface area contributed by atoms with Gasteiger partial charge in [0.1, 0.15) is 11.5 Å². The first-order chi connectivity index (χ1) is 30.0. The largest absolute Gasteiger partial charge is 0.508 e. The highest BCUT2D eigenvalue weighted by Crippen LogP contribution is 2.63. The van der Waals surface area contributed by atoms with Crippen molar-refractivity contribution in [2.45, 2.75) is 31.6 Å². The summed E-state index contributed by atoms with van der Waals surface area (Å²) in [7, 11) is 3.94. The molecule has 5 aromatic carbocycles. The third kappa shape index (κ3) is 6.19. The van der Waals surface area contributed by atoms with Crippen LogP contribution in [0.4, 0.5) is 28.4 Å². The molecule has 2 saturated heterocycles. The fraction of sp³-hybridized carbons (Fsp3) is 0.240. The van der Waals surface area contributed by atoms with Crippen LogP contribution in [0, 0.1) is 36.5 Å². The number of hydrogen-bond donors (Lipinski definition) is 2. The maximum absolute atomic E-state index is 15.5. The van der Waals surface area contributed by atoms with Crippen molar-refractivity contribution < 1.29 is 29.0 Å². The van der Waals surface area contributed by atoms with Crippen molar-refractivity contribution >= 4 is 52.1 Å². The van der Waals surface area contributed by atoms with Gasteiger partial charge in [0.15, 0.2) is 0 Å². The number of phenols is 1. The minimum absolute atomic E-state index is 0.0762. The molecule has 3 fully saturated rings. The van der Waals surface area contributed by atoms with Gasteiger partial charge in [0.05, 0.1) is 52.2 Å². The van der Waals surface area contributed by atoms with E-state index in [-0.39, 0.29) is 30.4 Å². The number of fused-ring (bicyclic) bond motifs is 5. The molecule has 0 radical (unpaired) electrons. The molecule has 6 atom stereocenters. The van der Waals surface area contributed by atoms with E-state index in [0.717, 1.165) is 33.0 Å². The molecule has 6 unspecified atom stereocenters. The van der Waals surface area contributed by atoms with E-state index in [1.54, 1.807) is 48.7 Å². The first kappa shape index (κ1) is 38.8. The summed E-state index contributed by atoms with van der Waals surface area (Å²) >= 11 is 0. The van der Waals surface area contributed by atoms with Crippen LogP contribution in [0.15, 0.2) is 155 Å². The van der Waals surface area contributed by atoms with Crippen LogP contribution in [-0.2, 0) is 31.0 Å². The number of anilines is 3. The van der Waals surface area contributed by atoms with Gasteiger partial charge in [0, 0.05) is 37.7 Å². The van der Waals surface area contributed by atoms with E-state index in [0.29, 0.717) is 40.5 Å². The molecule has 62 heavy (non-hydrogen) atoms. The lowest BCUT2D eigenvalue weighted by atomic mass is 9.48. The predicted molar refractivity (Wildman–Crippen MR) is 234 cm³/mol. The van der Waals surface area contributed by atoms with Gasteiger partial charge < -0.3 is 14.7 Å². The zero-order chi connectivity index (χ0) is 42.9. The Morgan fingerprint density at radius 1 is 0.790 bits per heavy atom. The molecule has 3 heterocycles. The molecule has 0 spiro atoms. The van der Waals surface area contributed by atoms with Gasteiger partial charge in [0.25, 0.3) is 11.8 Å². The van der Waals surface area contributed by atoms with Crippen LogP contribution in [0.1, 0.15) is 29.5 Å². The molecule has 2 aliphatic carbocycles. The number of rotatable bonds is 8. The van der Waals surface area contributed by atoms with Gasteiger partial charge in [-0.3, -0.25) is 29.5 Å². The number of benzene rings is 5. The molecule has 1 saturated carbocycles. The third-order valence-electron chi connectivity index (χ3n) is 13.3. The van der Waals surface area contributed by atoms with E-state index in [9.17, 15) is 14.7 Å². The number of imide groups is 2. The average Bonchev–Trinajstić information content (AvgIpc) is 3.67. The van der Waals surface area contributed by atoms with E-state index < -0.39 is 46.8 Å². The molecule has 0 aromatic heterocycles. The van der Waals surface area contributed by atoms with E-state index in [4.69, 9.17) is 4.74 Å². The lowest BCUT2D eigenvalue weighted by Gasteiger charge is -2.51. The van der Waals surface area contributed by atoms with Gasteiger partial charge in [-0.15, -0.1) is 0 Å². The Morgan fingerprint density at radius 3 is 2.18 bits per heavy atom. The maximum atomic E-state index is 15.5. The Kier molecular flexibility index (Phi) is 9.38. The lowest BCUT2D eigenvalue weighted by Crippen LogP contribution is -2.55. The van der Waals surface area contributed by atoms with Crippen LogP contribution < -0.4 is 20.0 Å². The van der Waals surface area contributed by atoms with E-state index in [1.165, 1.54) is 4.90 Å². The van der Waals surface area contributed by atoms with Crippen LogP contribution in [-0.4, -0.2) is 47.8 Å². The van der Waals surface area contributed by atoms with Crippen molar-refractivity contribution in [1.29, 1.82) is 0 Å². The first-order valence-electron chi connectivity index (χ1n) is 20.8. The number of carbonyl (C=O) groups is 4. The lowest BCUT2D eigenvalue weighted by molar-refractivity contribution is -0.139. The number of amides is 4. The number of allylic oxidation sites excluding steroid dienone is 3. The molecule has 10 rings (SSSR count). The Balaban J connectivity index is 1.03. The second-order valence-corrected chi connectivity index (χ2v) is 17.0. The second kappa shape index (κ2) is 15.0. The van der Waals surface area contributed by atoms with Gasteiger partial charge in [0.2, 0.25) is 11.8 Å². The Morgan fingerprint density at radius 2 is 1.48 bits per heavy atom. The number of phenolic OH excluding ortho intramolecular Hbond substituents is 1. The quantitative estimate of drug-likeness (QED) is 0.0899. The van der Waals surface area contributed by atoms with Crippen molar-refractivity contribution in [2.24, 2.45) is 39.8 Å².